The van der Waals surface area contributed by atoms with Crippen molar-refractivity contribution in [2.45, 2.75) is 23.7 Å². The molecule has 0 aliphatic carbocycles. The molecule has 0 radical (unpaired) electrons. The van der Waals surface area contributed by atoms with Gasteiger partial charge in [0.15, 0.2) is 11.2 Å². The van der Waals surface area contributed by atoms with E-state index in [1.54, 1.807) is 42.5 Å². The number of hydrogen-bond donors (Lipinski definition) is 3. The third-order valence-corrected chi connectivity index (χ3v) is 5.77. The summed E-state index contributed by atoms with van der Waals surface area (Å²) in [6, 6.07) is 14.0. The van der Waals surface area contributed by atoms with Crippen LogP contribution < -0.4 is 4.74 Å². The van der Waals surface area contributed by atoms with E-state index >= 15 is 0 Å². The second-order valence-electron chi connectivity index (χ2n) is 6.37. The zero-order chi connectivity index (χ0) is 19.0. The van der Waals surface area contributed by atoms with Crippen LogP contribution in [0.3, 0.4) is 0 Å². The monoisotopic (exact) mass is 386 g/mol. The van der Waals surface area contributed by atoms with Crippen molar-refractivity contribution < 1.29 is 29.3 Å². The van der Waals surface area contributed by atoms with Crippen molar-refractivity contribution in [2.24, 2.45) is 0 Å². The zero-order valence-corrected chi connectivity index (χ0v) is 15.0. The van der Waals surface area contributed by atoms with Gasteiger partial charge in [-0.15, -0.1) is 11.8 Å². The highest BCUT2D eigenvalue weighted by molar-refractivity contribution is 7.99. The fraction of sp³-hybridized carbons (Fsp3) is 0.250. The predicted octanol–water partition coefficient (Wildman–Crippen LogP) is 2.20. The molecule has 0 unspecified atom stereocenters. The molecule has 6 nitrogen and oxygen atoms in total. The number of ketones is 1. The number of aliphatic hydroxyl groups is 3. The lowest BCUT2D eigenvalue weighted by Crippen LogP contribution is -2.50. The largest absolute Gasteiger partial charge is 0.477 e. The van der Waals surface area contributed by atoms with Gasteiger partial charge in [-0.1, -0.05) is 30.3 Å². The van der Waals surface area contributed by atoms with E-state index < -0.39 is 23.7 Å². The molecule has 4 rings (SSSR count). The van der Waals surface area contributed by atoms with Crippen molar-refractivity contribution in [3.05, 3.63) is 65.9 Å². The summed E-state index contributed by atoms with van der Waals surface area (Å²) in [5, 5.41) is 30.2. The molecule has 4 atom stereocenters. The molecule has 0 amide bonds. The number of ether oxygens (including phenoxy) is 1. The van der Waals surface area contributed by atoms with Gasteiger partial charge in [-0.3, -0.25) is 4.79 Å². The molecule has 0 bridgehead atoms. The molecule has 1 aliphatic heterocycles. The lowest BCUT2D eigenvalue weighted by molar-refractivity contribution is -0.0785. The summed E-state index contributed by atoms with van der Waals surface area (Å²) in [4.78, 5) is 12.7. The minimum absolute atomic E-state index is 0.155. The Hall–Kier alpha value is -2.32. The maximum Gasteiger partial charge on any atom is 0.196 e. The van der Waals surface area contributed by atoms with Crippen LogP contribution in [0.4, 0.5) is 0 Å². The fourth-order valence-electron chi connectivity index (χ4n) is 3.02. The maximum absolute atomic E-state index is 12.7. The van der Waals surface area contributed by atoms with Crippen LogP contribution in [0.25, 0.3) is 11.0 Å². The summed E-state index contributed by atoms with van der Waals surface area (Å²) in [5.41, 5.74) is 0.811. The fourth-order valence-corrected chi connectivity index (χ4v) is 4.14. The molecule has 0 spiro atoms. The molecule has 2 heterocycles. The lowest BCUT2D eigenvalue weighted by atomic mass is 10.0. The van der Waals surface area contributed by atoms with Crippen LogP contribution in [0.15, 0.2) is 59.2 Å². The Bertz CT molecular complexity index is 954. The van der Waals surface area contributed by atoms with Gasteiger partial charge in [-0.2, -0.15) is 0 Å². The van der Waals surface area contributed by atoms with Crippen LogP contribution in [0.1, 0.15) is 15.9 Å². The SMILES string of the molecule is O=C(c1ccccc1)c1coc2ccc(O[C@@H]3SC[C@@H](O)[C@H](O)[C@H]3O)cc12. The Morgan fingerprint density at radius 3 is 2.63 bits per heavy atom. The zero-order valence-electron chi connectivity index (χ0n) is 14.2. The Kier molecular flexibility index (Phi) is 4.92. The van der Waals surface area contributed by atoms with Crippen molar-refractivity contribution >= 4 is 28.5 Å². The van der Waals surface area contributed by atoms with Crippen LogP contribution in [0.5, 0.6) is 5.75 Å². The van der Waals surface area contributed by atoms with E-state index in [4.69, 9.17) is 9.15 Å². The van der Waals surface area contributed by atoms with Crippen LogP contribution in [-0.4, -0.2) is 50.6 Å². The summed E-state index contributed by atoms with van der Waals surface area (Å²) >= 11 is 1.22. The lowest BCUT2D eigenvalue weighted by Gasteiger charge is -2.34. The Balaban J connectivity index is 1.62. The predicted molar refractivity (Wildman–Crippen MR) is 101 cm³/mol. The summed E-state index contributed by atoms with van der Waals surface area (Å²) < 4.78 is 11.3. The van der Waals surface area contributed by atoms with E-state index in [9.17, 15) is 20.1 Å². The van der Waals surface area contributed by atoms with Crippen LogP contribution in [-0.2, 0) is 0 Å². The van der Waals surface area contributed by atoms with Gasteiger partial charge in [-0.25, -0.2) is 0 Å². The average molecular weight is 386 g/mol. The van der Waals surface area contributed by atoms with E-state index in [0.717, 1.165) is 0 Å². The average Bonchev–Trinajstić information content (AvgIpc) is 3.12. The van der Waals surface area contributed by atoms with Crippen molar-refractivity contribution in [3.8, 4) is 5.75 Å². The van der Waals surface area contributed by atoms with Gasteiger partial charge in [0.25, 0.3) is 0 Å². The van der Waals surface area contributed by atoms with Gasteiger partial charge >= 0.3 is 0 Å². The Morgan fingerprint density at radius 2 is 1.85 bits per heavy atom. The Morgan fingerprint density at radius 1 is 1.07 bits per heavy atom. The van der Waals surface area contributed by atoms with Gasteiger partial charge < -0.3 is 24.5 Å². The number of carbonyl (C=O) groups is 1. The first-order valence-corrected chi connectivity index (χ1v) is 9.53. The quantitative estimate of drug-likeness (QED) is 0.591. The van der Waals surface area contributed by atoms with Crippen molar-refractivity contribution in [1.29, 1.82) is 0 Å². The number of fused-ring (bicyclic) bond motifs is 1. The smallest absolute Gasteiger partial charge is 0.196 e. The first-order valence-electron chi connectivity index (χ1n) is 8.48. The van der Waals surface area contributed by atoms with Crippen LogP contribution >= 0.6 is 11.8 Å². The van der Waals surface area contributed by atoms with Gasteiger partial charge in [0.05, 0.1) is 11.7 Å². The van der Waals surface area contributed by atoms with E-state index in [1.165, 1.54) is 18.0 Å². The molecule has 27 heavy (non-hydrogen) atoms. The third kappa shape index (κ3) is 3.46. The van der Waals surface area contributed by atoms with Crippen LogP contribution in [0.2, 0.25) is 0 Å². The molecule has 7 heteroatoms. The van der Waals surface area contributed by atoms with Gasteiger partial charge in [0, 0.05) is 16.7 Å². The third-order valence-electron chi connectivity index (χ3n) is 4.53. The van der Waals surface area contributed by atoms with Crippen molar-refractivity contribution in [3.63, 3.8) is 0 Å². The molecule has 2 aromatic carbocycles. The standard InChI is InChI=1S/C20H18O6S/c21-15-10-27-20(19(24)18(15)23)26-12-6-7-16-13(8-12)14(9-25-16)17(22)11-4-2-1-3-5-11/h1-9,15,18-21,23-24H,10H2/t15-,18+,19-,20-/m1/s1. The number of carbonyl (C=O) groups excluding carboxylic acids is 1. The van der Waals surface area contributed by atoms with E-state index in [1.807, 2.05) is 6.07 Å². The maximum atomic E-state index is 12.7. The first-order chi connectivity index (χ1) is 13.0. The van der Waals surface area contributed by atoms with Crippen molar-refractivity contribution in [1.82, 2.24) is 0 Å². The number of rotatable bonds is 4. The number of benzene rings is 2. The van der Waals surface area contributed by atoms with Crippen molar-refractivity contribution in [2.75, 3.05) is 5.75 Å². The summed E-state index contributed by atoms with van der Waals surface area (Å²) in [6.07, 6.45) is -2.04. The van der Waals surface area contributed by atoms with Gasteiger partial charge in [0.2, 0.25) is 0 Å². The number of hydrogen-bond acceptors (Lipinski definition) is 7. The number of furan rings is 1. The molecular weight excluding hydrogens is 368 g/mol. The summed E-state index contributed by atoms with van der Waals surface area (Å²) in [5.74, 6) is 0.539. The Labute approximate surface area is 159 Å². The second kappa shape index (κ2) is 7.36. The molecule has 3 N–H and O–H groups in total. The molecule has 3 aromatic rings. The molecule has 140 valence electrons. The normalized spacial score (nSPS) is 25.4. The van der Waals surface area contributed by atoms with E-state index in [-0.39, 0.29) is 11.5 Å². The minimum Gasteiger partial charge on any atom is -0.477 e. The van der Waals surface area contributed by atoms with E-state index in [2.05, 4.69) is 0 Å². The molecule has 1 aliphatic rings. The molecule has 1 fully saturated rings. The molecule has 0 saturated carbocycles. The highest BCUT2D eigenvalue weighted by atomic mass is 32.2. The highest BCUT2D eigenvalue weighted by Gasteiger charge is 2.38. The van der Waals surface area contributed by atoms with E-state index in [0.29, 0.717) is 27.8 Å². The highest BCUT2D eigenvalue weighted by Crippen LogP contribution is 2.32. The van der Waals surface area contributed by atoms with Gasteiger partial charge in [0.1, 0.15) is 29.8 Å². The second-order valence-corrected chi connectivity index (χ2v) is 7.50. The topological polar surface area (TPSA) is 100 Å². The number of thioether (sulfide) groups is 1. The van der Waals surface area contributed by atoms with Gasteiger partial charge in [-0.05, 0) is 18.2 Å². The molecular formula is C20H18O6S. The summed E-state index contributed by atoms with van der Waals surface area (Å²) in [7, 11) is 0. The number of aliphatic hydroxyl groups excluding tert-OH is 3. The summed E-state index contributed by atoms with van der Waals surface area (Å²) in [6.45, 7) is 0. The first kappa shape index (κ1) is 18.1. The minimum atomic E-state index is -1.26. The molecule has 1 saturated heterocycles. The molecule has 1 aromatic heterocycles. The van der Waals surface area contributed by atoms with Crippen LogP contribution in [0, 0.1) is 0 Å².